The Morgan fingerprint density at radius 3 is 2.72 bits per heavy atom. The normalized spacial score (nSPS) is 11.1. The molecule has 0 spiro atoms. The lowest BCUT2D eigenvalue weighted by Gasteiger charge is -2.09. The maximum atomic E-state index is 12.7. The van der Waals surface area contributed by atoms with E-state index in [0.717, 1.165) is 28.5 Å². The van der Waals surface area contributed by atoms with E-state index in [1.54, 1.807) is 0 Å². The average Bonchev–Trinajstić information content (AvgIpc) is 3.04. The van der Waals surface area contributed by atoms with Crippen LogP contribution in [0.15, 0.2) is 60.8 Å². The third-order valence-electron chi connectivity index (χ3n) is 4.44. The zero-order valence-electron chi connectivity index (χ0n) is 14.0. The molecule has 0 radical (unpaired) electrons. The van der Waals surface area contributed by atoms with Crippen molar-refractivity contribution in [1.29, 1.82) is 0 Å². The van der Waals surface area contributed by atoms with Gasteiger partial charge < -0.3 is 10.3 Å². The third kappa shape index (κ3) is 2.98. The van der Waals surface area contributed by atoms with E-state index in [1.165, 1.54) is 10.9 Å². The second kappa shape index (κ2) is 6.40. The molecule has 2 heterocycles. The number of carbonyl (C=O) groups is 1. The van der Waals surface area contributed by atoms with E-state index in [2.05, 4.69) is 27.4 Å². The molecule has 0 aliphatic rings. The van der Waals surface area contributed by atoms with Crippen molar-refractivity contribution in [3.05, 3.63) is 77.6 Å². The lowest BCUT2D eigenvalue weighted by atomic mass is 10.1. The maximum Gasteiger partial charge on any atom is 0.252 e. The average molecular weight is 329 g/mol. The number of hydrogen-bond acceptors (Lipinski definition) is 2. The number of nitrogens with zero attached hydrogens (tertiary/aromatic N) is 1. The fraction of sp³-hybridized carbons (Fsp3) is 0.143. The van der Waals surface area contributed by atoms with Crippen molar-refractivity contribution in [3.8, 4) is 0 Å². The van der Waals surface area contributed by atoms with E-state index < -0.39 is 0 Å². The van der Waals surface area contributed by atoms with Crippen LogP contribution >= 0.6 is 0 Å². The van der Waals surface area contributed by atoms with Crippen LogP contribution in [0.5, 0.6) is 0 Å². The van der Waals surface area contributed by atoms with Gasteiger partial charge in [-0.3, -0.25) is 9.78 Å². The molecular weight excluding hydrogens is 310 g/mol. The Kier molecular flexibility index (Phi) is 3.94. The maximum absolute atomic E-state index is 12.7. The molecular formula is C21H19N3O. The number of amides is 1. The summed E-state index contributed by atoms with van der Waals surface area (Å²) >= 11 is 0. The number of aryl methyl sites for hydroxylation is 1. The Morgan fingerprint density at radius 1 is 1.08 bits per heavy atom. The highest BCUT2D eigenvalue weighted by Crippen LogP contribution is 2.19. The van der Waals surface area contributed by atoms with Gasteiger partial charge in [-0.25, -0.2) is 0 Å². The molecule has 2 aromatic heterocycles. The smallest absolute Gasteiger partial charge is 0.252 e. The minimum atomic E-state index is -0.0541. The largest absolute Gasteiger partial charge is 0.361 e. The monoisotopic (exact) mass is 329 g/mol. The molecule has 4 aromatic rings. The van der Waals surface area contributed by atoms with Crippen molar-refractivity contribution < 1.29 is 4.79 Å². The summed E-state index contributed by atoms with van der Waals surface area (Å²) in [7, 11) is 0. The Balaban J connectivity index is 1.51. The van der Waals surface area contributed by atoms with Gasteiger partial charge in [-0.1, -0.05) is 36.4 Å². The van der Waals surface area contributed by atoms with Crippen molar-refractivity contribution in [1.82, 2.24) is 15.3 Å². The zero-order chi connectivity index (χ0) is 17.2. The molecule has 4 heteroatoms. The molecule has 0 saturated carbocycles. The van der Waals surface area contributed by atoms with Gasteiger partial charge in [0.25, 0.3) is 5.91 Å². The van der Waals surface area contributed by atoms with Crippen LogP contribution in [0.1, 0.15) is 21.6 Å². The molecule has 0 fully saturated rings. The predicted molar refractivity (Wildman–Crippen MR) is 101 cm³/mol. The molecule has 4 nitrogen and oxygen atoms in total. The summed E-state index contributed by atoms with van der Waals surface area (Å²) < 4.78 is 0. The van der Waals surface area contributed by atoms with Crippen molar-refractivity contribution in [2.24, 2.45) is 0 Å². The number of fused-ring (bicyclic) bond motifs is 2. The molecule has 2 N–H and O–H groups in total. The molecule has 2 aromatic carbocycles. The molecule has 25 heavy (non-hydrogen) atoms. The van der Waals surface area contributed by atoms with Crippen molar-refractivity contribution in [2.75, 3.05) is 6.54 Å². The summed E-state index contributed by atoms with van der Waals surface area (Å²) in [6.45, 7) is 2.51. The number of para-hydroxylation sites is 2. The number of hydrogen-bond donors (Lipinski definition) is 2. The molecule has 0 saturated heterocycles. The fourth-order valence-electron chi connectivity index (χ4n) is 3.24. The first-order valence-electron chi connectivity index (χ1n) is 8.42. The second-order valence-corrected chi connectivity index (χ2v) is 6.19. The van der Waals surface area contributed by atoms with Crippen molar-refractivity contribution in [2.45, 2.75) is 13.3 Å². The lowest BCUT2D eigenvalue weighted by molar-refractivity contribution is 0.0955. The van der Waals surface area contributed by atoms with Crippen molar-refractivity contribution >= 4 is 27.7 Å². The lowest BCUT2D eigenvalue weighted by Crippen LogP contribution is -2.26. The minimum Gasteiger partial charge on any atom is -0.361 e. The van der Waals surface area contributed by atoms with Gasteiger partial charge in [0, 0.05) is 34.7 Å². The number of carbonyl (C=O) groups excluding carboxylic acids is 1. The van der Waals surface area contributed by atoms with Crippen LogP contribution in [0.4, 0.5) is 0 Å². The third-order valence-corrected chi connectivity index (χ3v) is 4.44. The molecule has 0 bridgehead atoms. The predicted octanol–water partition coefficient (Wildman–Crippen LogP) is 4.00. The highest BCUT2D eigenvalue weighted by Gasteiger charge is 2.11. The second-order valence-electron chi connectivity index (χ2n) is 6.19. The Labute approximate surface area is 145 Å². The van der Waals surface area contributed by atoms with Gasteiger partial charge in [0.15, 0.2) is 0 Å². The number of pyridine rings is 1. The Hall–Kier alpha value is -3.14. The van der Waals surface area contributed by atoms with Crippen LogP contribution < -0.4 is 5.32 Å². The summed E-state index contributed by atoms with van der Waals surface area (Å²) in [4.78, 5) is 20.4. The van der Waals surface area contributed by atoms with Gasteiger partial charge in [-0.05, 0) is 37.1 Å². The number of rotatable bonds is 4. The van der Waals surface area contributed by atoms with E-state index in [-0.39, 0.29) is 5.91 Å². The van der Waals surface area contributed by atoms with Crippen molar-refractivity contribution in [3.63, 3.8) is 0 Å². The fourth-order valence-corrected chi connectivity index (χ4v) is 3.24. The van der Waals surface area contributed by atoms with Gasteiger partial charge in [0.2, 0.25) is 0 Å². The van der Waals surface area contributed by atoms with Crippen LogP contribution in [0, 0.1) is 6.92 Å². The molecule has 0 atom stereocenters. The SMILES string of the molecule is Cc1cc(C(=O)NCCc2c[nH]c3ccccc23)c2ccccc2n1. The van der Waals surface area contributed by atoms with Gasteiger partial charge in [0.1, 0.15) is 0 Å². The summed E-state index contributed by atoms with van der Waals surface area (Å²) in [5.74, 6) is -0.0541. The topological polar surface area (TPSA) is 57.8 Å². The standard InChI is InChI=1S/C21H19N3O/c1-14-12-18(17-7-3-5-9-20(17)24-14)21(25)22-11-10-15-13-23-19-8-4-2-6-16(15)19/h2-9,12-13,23H,10-11H2,1H3,(H,22,25). The Morgan fingerprint density at radius 2 is 1.84 bits per heavy atom. The van der Waals surface area contributed by atoms with Gasteiger partial charge in [0.05, 0.1) is 11.1 Å². The first-order chi connectivity index (χ1) is 12.2. The summed E-state index contributed by atoms with van der Waals surface area (Å²) in [6.07, 6.45) is 2.81. The van der Waals surface area contributed by atoms with Gasteiger partial charge in [-0.15, -0.1) is 0 Å². The van der Waals surface area contributed by atoms with E-state index in [4.69, 9.17) is 0 Å². The summed E-state index contributed by atoms with van der Waals surface area (Å²) in [5, 5.41) is 5.14. The zero-order valence-corrected chi connectivity index (χ0v) is 14.0. The van der Waals surface area contributed by atoms with Crippen LogP contribution in [-0.4, -0.2) is 22.4 Å². The van der Waals surface area contributed by atoms with Gasteiger partial charge >= 0.3 is 0 Å². The van der Waals surface area contributed by atoms with E-state index in [0.29, 0.717) is 12.1 Å². The number of aromatic nitrogens is 2. The minimum absolute atomic E-state index is 0.0541. The molecule has 124 valence electrons. The number of benzene rings is 2. The highest BCUT2D eigenvalue weighted by atomic mass is 16.1. The number of H-pyrrole nitrogens is 1. The summed E-state index contributed by atoms with van der Waals surface area (Å²) in [6, 6.07) is 17.8. The molecule has 0 aliphatic carbocycles. The Bertz CT molecular complexity index is 1070. The van der Waals surface area contributed by atoms with Crippen LogP contribution in [0.2, 0.25) is 0 Å². The first kappa shape index (κ1) is 15.4. The van der Waals surface area contributed by atoms with Crippen LogP contribution in [0.3, 0.4) is 0 Å². The molecule has 1 amide bonds. The number of aromatic amines is 1. The molecule has 4 rings (SSSR count). The van der Waals surface area contributed by atoms with Crippen LogP contribution in [-0.2, 0) is 6.42 Å². The molecule has 0 unspecified atom stereocenters. The number of nitrogens with one attached hydrogen (secondary N) is 2. The first-order valence-corrected chi connectivity index (χ1v) is 8.42. The van der Waals surface area contributed by atoms with E-state index in [9.17, 15) is 4.79 Å². The van der Waals surface area contributed by atoms with Crippen LogP contribution in [0.25, 0.3) is 21.8 Å². The summed E-state index contributed by atoms with van der Waals surface area (Å²) in [5.41, 5.74) is 4.72. The molecule has 0 aliphatic heterocycles. The highest BCUT2D eigenvalue weighted by molar-refractivity contribution is 6.06. The quantitative estimate of drug-likeness (QED) is 0.594. The van der Waals surface area contributed by atoms with E-state index in [1.807, 2.05) is 55.6 Å². The van der Waals surface area contributed by atoms with E-state index >= 15 is 0 Å². The van der Waals surface area contributed by atoms with Gasteiger partial charge in [-0.2, -0.15) is 0 Å².